The van der Waals surface area contributed by atoms with Crippen LogP contribution in [0, 0.1) is 10.1 Å². The van der Waals surface area contributed by atoms with Crippen LogP contribution in [0.1, 0.15) is 32.4 Å². The Labute approximate surface area is 132 Å². The Kier molecular flexibility index (Phi) is 6.10. The summed E-state index contributed by atoms with van der Waals surface area (Å²) in [6.45, 7) is 10.4. The van der Waals surface area contributed by atoms with E-state index in [9.17, 15) is 15.2 Å². The summed E-state index contributed by atoms with van der Waals surface area (Å²) in [6.07, 6.45) is -2.16. The summed E-state index contributed by atoms with van der Waals surface area (Å²) in [7, 11) is -2.04. The molecule has 6 nitrogen and oxygen atoms in total. The van der Waals surface area contributed by atoms with Crippen molar-refractivity contribution in [2.45, 2.75) is 51.1 Å². The standard InChI is InChI=1S/C15H25NO5Si/c1-15(2,3)22(4,5)20-11-13(17)14(21-16(18)19)12-9-7-6-8-10-12/h6-10,13-14,17H,11H2,1-5H3/t13-,14-/m1/s1. The first-order chi connectivity index (χ1) is 10.0. The van der Waals surface area contributed by atoms with Gasteiger partial charge in [-0.25, -0.2) is 0 Å². The second-order valence-corrected chi connectivity index (χ2v) is 11.6. The molecule has 0 aromatic heterocycles. The molecule has 0 aliphatic carbocycles. The van der Waals surface area contributed by atoms with Gasteiger partial charge in [0.05, 0.1) is 6.61 Å². The van der Waals surface area contributed by atoms with Gasteiger partial charge in [-0.05, 0) is 23.7 Å². The maximum absolute atomic E-state index is 10.7. The highest BCUT2D eigenvalue weighted by Gasteiger charge is 2.38. The molecule has 124 valence electrons. The lowest BCUT2D eigenvalue weighted by atomic mass is 10.1. The summed E-state index contributed by atoms with van der Waals surface area (Å²) in [5.74, 6) is 0. The molecule has 1 N–H and O–H groups in total. The van der Waals surface area contributed by atoms with Crippen molar-refractivity contribution in [1.82, 2.24) is 0 Å². The molecule has 0 aliphatic heterocycles. The summed E-state index contributed by atoms with van der Waals surface area (Å²) in [5.41, 5.74) is 0.547. The van der Waals surface area contributed by atoms with Crippen LogP contribution in [0.4, 0.5) is 0 Å². The highest BCUT2D eigenvalue weighted by atomic mass is 28.4. The van der Waals surface area contributed by atoms with Crippen molar-refractivity contribution in [3.63, 3.8) is 0 Å². The van der Waals surface area contributed by atoms with E-state index >= 15 is 0 Å². The topological polar surface area (TPSA) is 81.8 Å². The Hall–Kier alpha value is -1.44. The van der Waals surface area contributed by atoms with Gasteiger partial charge in [0, 0.05) is 0 Å². The van der Waals surface area contributed by atoms with Crippen LogP contribution < -0.4 is 0 Å². The number of aliphatic hydroxyl groups excluding tert-OH is 1. The number of hydrogen-bond acceptors (Lipinski definition) is 5. The average molecular weight is 327 g/mol. The Morgan fingerprint density at radius 1 is 1.27 bits per heavy atom. The van der Waals surface area contributed by atoms with Gasteiger partial charge in [-0.3, -0.25) is 0 Å². The van der Waals surface area contributed by atoms with Gasteiger partial charge in [-0.15, -0.1) is 10.1 Å². The van der Waals surface area contributed by atoms with Crippen molar-refractivity contribution < 1.29 is 19.5 Å². The summed E-state index contributed by atoms with van der Waals surface area (Å²) >= 11 is 0. The Bertz CT molecular complexity index is 486. The second kappa shape index (κ2) is 7.21. The molecule has 22 heavy (non-hydrogen) atoms. The van der Waals surface area contributed by atoms with Crippen molar-refractivity contribution >= 4 is 8.32 Å². The molecule has 1 rings (SSSR count). The predicted octanol–water partition coefficient (Wildman–Crippen LogP) is 3.32. The zero-order valence-corrected chi connectivity index (χ0v) is 14.8. The van der Waals surface area contributed by atoms with E-state index in [-0.39, 0.29) is 11.6 Å². The van der Waals surface area contributed by atoms with Gasteiger partial charge in [0.15, 0.2) is 14.4 Å². The molecule has 0 spiro atoms. The molecule has 0 amide bonds. The van der Waals surface area contributed by atoms with Crippen molar-refractivity contribution in [3.8, 4) is 0 Å². The van der Waals surface area contributed by atoms with Crippen LogP contribution in [0.15, 0.2) is 30.3 Å². The summed E-state index contributed by atoms with van der Waals surface area (Å²) in [6, 6.07) is 8.65. The van der Waals surface area contributed by atoms with Crippen LogP contribution in [-0.4, -0.2) is 31.2 Å². The summed E-state index contributed by atoms with van der Waals surface area (Å²) < 4.78 is 5.93. The maximum Gasteiger partial charge on any atom is 0.295 e. The van der Waals surface area contributed by atoms with Crippen LogP contribution in [0.5, 0.6) is 0 Å². The number of hydrogen-bond donors (Lipinski definition) is 1. The fourth-order valence-corrected chi connectivity index (χ4v) is 2.71. The van der Waals surface area contributed by atoms with Crippen molar-refractivity contribution in [3.05, 3.63) is 46.0 Å². The highest BCUT2D eigenvalue weighted by molar-refractivity contribution is 6.74. The molecule has 0 aliphatic rings. The second-order valence-electron chi connectivity index (χ2n) is 6.80. The molecule has 0 fully saturated rings. The van der Waals surface area contributed by atoms with E-state index in [1.54, 1.807) is 30.3 Å². The molecular weight excluding hydrogens is 302 g/mol. The van der Waals surface area contributed by atoms with Gasteiger partial charge in [0.25, 0.3) is 5.09 Å². The van der Waals surface area contributed by atoms with E-state index in [4.69, 9.17) is 4.43 Å². The van der Waals surface area contributed by atoms with E-state index < -0.39 is 25.6 Å². The van der Waals surface area contributed by atoms with Gasteiger partial charge in [0.1, 0.15) is 6.10 Å². The van der Waals surface area contributed by atoms with Crippen molar-refractivity contribution in [2.75, 3.05) is 6.61 Å². The number of rotatable bonds is 7. The molecule has 1 aromatic carbocycles. The van der Waals surface area contributed by atoms with Gasteiger partial charge in [-0.1, -0.05) is 51.1 Å². The first-order valence-electron chi connectivity index (χ1n) is 7.23. The fraction of sp³-hybridized carbons (Fsp3) is 0.600. The molecule has 1 aromatic rings. The molecule has 0 saturated heterocycles. The third-order valence-corrected chi connectivity index (χ3v) is 8.60. The fourth-order valence-electron chi connectivity index (χ4n) is 1.69. The lowest BCUT2D eigenvalue weighted by Gasteiger charge is -2.37. The lowest BCUT2D eigenvalue weighted by molar-refractivity contribution is -0.773. The smallest absolute Gasteiger partial charge is 0.295 e. The predicted molar refractivity (Wildman–Crippen MR) is 86.4 cm³/mol. The molecule has 0 heterocycles. The molecule has 0 unspecified atom stereocenters. The normalized spacial score (nSPS) is 15.2. The van der Waals surface area contributed by atoms with Crippen LogP contribution in [-0.2, 0) is 9.26 Å². The van der Waals surface area contributed by atoms with Crippen LogP contribution in [0.3, 0.4) is 0 Å². The number of benzene rings is 1. The Balaban J connectivity index is 2.81. The zero-order chi connectivity index (χ0) is 17.0. The molecular formula is C15H25NO5Si. The summed E-state index contributed by atoms with van der Waals surface area (Å²) in [5, 5.41) is 20.1. The largest absolute Gasteiger partial charge is 0.414 e. The van der Waals surface area contributed by atoms with E-state index in [2.05, 4.69) is 38.7 Å². The van der Waals surface area contributed by atoms with Crippen molar-refractivity contribution in [2.24, 2.45) is 0 Å². The minimum atomic E-state index is -2.04. The number of aliphatic hydroxyl groups is 1. The molecule has 0 radical (unpaired) electrons. The van der Waals surface area contributed by atoms with E-state index in [1.165, 1.54) is 0 Å². The Morgan fingerprint density at radius 2 is 1.82 bits per heavy atom. The van der Waals surface area contributed by atoms with Crippen LogP contribution in [0.2, 0.25) is 18.1 Å². The van der Waals surface area contributed by atoms with Crippen LogP contribution in [0.25, 0.3) is 0 Å². The lowest BCUT2D eigenvalue weighted by Crippen LogP contribution is -2.43. The monoisotopic (exact) mass is 327 g/mol. The van der Waals surface area contributed by atoms with E-state index in [1.807, 2.05) is 0 Å². The van der Waals surface area contributed by atoms with Gasteiger partial charge in [-0.2, -0.15) is 0 Å². The third kappa shape index (κ3) is 5.08. The van der Waals surface area contributed by atoms with Gasteiger partial charge in [0.2, 0.25) is 0 Å². The maximum atomic E-state index is 10.7. The quantitative estimate of drug-likeness (QED) is 0.472. The molecule has 2 atom stereocenters. The van der Waals surface area contributed by atoms with Gasteiger partial charge < -0.3 is 14.4 Å². The highest BCUT2D eigenvalue weighted by Crippen LogP contribution is 2.37. The average Bonchev–Trinajstić information content (AvgIpc) is 2.42. The minimum Gasteiger partial charge on any atom is -0.414 e. The molecule has 0 bridgehead atoms. The Morgan fingerprint density at radius 3 is 2.27 bits per heavy atom. The number of nitrogens with zero attached hydrogens (tertiary/aromatic N) is 1. The first-order valence-corrected chi connectivity index (χ1v) is 10.1. The SMILES string of the molecule is CC(C)(C)[Si](C)(C)OC[C@@H](O)[C@H](O[N+](=O)[O-])c1ccccc1. The first kappa shape index (κ1) is 18.6. The third-order valence-electron chi connectivity index (χ3n) is 4.10. The minimum absolute atomic E-state index is 0.00107. The van der Waals surface area contributed by atoms with Gasteiger partial charge >= 0.3 is 0 Å². The van der Waals surface area contributed by atoms with E-state index in [0.29, 0.717) is 5.56 Å². The summed E-state index contributed by atoms with van der Waals surface area (Å²) in [4.78, 5) is 15.3. The molecule has 7 heteroatoms. The zero-order valence-electron chi connectivity index (χ0n) is 13.8. The van der Waals surface area contributed by atoms with Crippen molar-refractivity contribution in [1.29, 1.82) is 0 Å². The van der Waals surface area contributed by atoms with Crippen LogP contribution >= 0.6 is 0 Å². The molecule has 0 saturated carbocycles. The van der Waals surface area contributed by atoms with E-state index in [0.717, 1.165) is 0 Å².